The number of carbonyl (C=O) groups is 2. The normalized spacial score (nSPS) is 21.2. The summed E-state index contributed by atoms with van der Waals surface area (Å²) in [6, 6.07) is -0.647. The van der Waals surface area contributed by atoms with Crippen molar-refractivity contribution in [2.45, 2.75) is 45.8 Å². The van der Waals surface area contributed by atoms with Crippen molar-refractivity contribution in [3.05, 3.63) is 11.9 Å². The predicted molar refractivity (Wildman–Crippen MR) is 82.9 cm³/mol. The number of aromatic nitrogens is 3. The molecule has 1 aliphatic rings. The summed E-state index contributed by atoms with van der Waals surface area (Å²) in [6.07, 6.45) is 3.00. The van der Waals surface area contributed by atoms with Crippen LogP contribution in [-0.4, -0.2) is 38.5 Å². The van der Waals surface area contributed by atoms with Crippen molar-refractivity contribution < 1.29 is 14.7 Å². The fourth-order valence-corrected chi connectivity index (χ4v) is 2.87. The number of nitrogens with one attached hydrogen (secondary N) is 1. The number of aliphatic hydroxyl groups excluding tert-OH is 1. The molecule has 0 saturated heterocycles. The SMILES string of the molecule is CC(C)[C@@H]1C[C@H]1CNC(=O)C(CCC(N)=O)n1cc(CO)nn1. The van der Waals surface area contributed by atoms with Crippen LogP contribution in [-0.2, 0) is 16.2 Å². The number of hydrogen-bond acceptors (Lipinski definition) is 5. The highest BCUT2D eigenvalue weighted by molar-refractivity contribution is 5.81. The largest absolute Gasteiger partial charge is 0.390 e. The monoisotopic (exact) mass is 323 g/mol. The second-order valence-electron chi connectivity index (χ2n) is 6.52. The van der Waals surface area contributed by atoms with E-state index in [1.165, 1.54) is 10.9 Å². The number of primary amides is 1. The molecule has 0 aromatic carbocycles. The van der Waals surface area contributed by atoms with Gasteiger partial charge in [0.15, 0.2) is 0 Å². The Labute approximate surface area is 135 Å². The minimum atomic E-state index is -0.647. The van der Waals surface area contributed by atoms with E-state index in [-0.39, 0.29) is 25.4 Å². The Balaban J connectivity index is 1.95. The molecule has 8 nitrogen and oxygen atoms in total. The van der Waals surface area contributed by atoms with Gasteiger partial charge in [0.05, 0.1) is 12.8 Å². The first-order chi connectivity index (χ1) is 10.9. The molecular weight excluding hydrogens is 298 g/mol. The van der Waals surface area contributed by atoms with Crippen molar-refractivity contribution in [1.29, 1.82) is 0 Å². The van der Waals surface area contributed by atoms with Gasteiger partial charge in [0.2, 0.25) is 11.8 Å². The molecule has 2 rings (SSSR count). The van der Waals surface area contributed by atoms with E-state index in [1.54, 1.807) is 0 Å². The molecule has 1 unspecified atom stereocenters. The molecule has 1 fully saturated rings. The number of rotatable bonds is 9. The van der Waals surface area contributed by atoms with Gasteiger partial charge in [-0.2, -0.15) is 0 Å². The zero-order chi connectivity index (χ0) is 17.0. The van der Waals surface area contributed by atoms with Crippen LogP contribution >= 0.6 is 0 Å². The van der Waals surface area contributed by atoms with Crippen LogP contribution in [0.4, 0.5) is 0 Å². The maximum absolute atomic E-state index is 12.4. The molecule has 1 saturated carbocycles. The van der Waals surface area contributed by atoms with Crippen molar-refractivity contribution >= 4 is 11.8 Å². The molecule has 128 valence electrons. The van der Waals surface area contributed by atoms with Gasteiger partial charge in [0.1, 0.15) is 11.7 Å². The summed E-state index contributed by atoms with van der Waals surface area (Å²) < 4.78 is 1.39. The first-order valence-electron chi connectivity index (χ1n) is 8.00. The van der Waals surface area contributed by atoms with Crippen molar-refractivity contribution in [2.24, 2.45) is 23.5 Å². The number of aliphatic hydroxyl groups is 1. The summed E-state index contributed by atoms with van der Waals surface area (Å²) in [5.41, 5.74) is 5.56. The van der Waals surface area contributed by atoms with Gasteiger partial charge >= 0.3 is 0 Å². The second-order valence-corrected chi connectivity index (χ2v) is 6.52. The summed E-state index contributed by atoms with van der Waals surface area (Å²) in [5.74, 6) is 1.17. The van der Waals surface area contributed by atoms with E-state index in [0.717, 1.165) is 6.42 Å². The van der Waals surface area contributed by atoms with Crippen LogP contribution in [0.5, 0.6) is 0 Å². The third-order valence-corrected chi connectivity index (χ3v) is 4.38. The Bertz CT molecular complexity index is 557. The highest BCUT2D eigenvalue weighted by Crippen LogP contribution is 2.43. The van der Waals surface area contributed by atoms with Crippen LogP contribution < -0.4 is 11.1 Å². The molecule has 1 heterocycles. The van der Waals surface area contributed by atoms with E-state index in [2.05, 4.69) is 29.5 Å². The zero-order valence-electron chi connectivity index (χ0n) is 13.6. The number of nitrogens with two attached hydrogens (primary N) is 1. The molecule has 0 radical (unpaired) electrons. The molecule has 4 N–H and O–H groups in total. The third-order valence-electron chi connectivity index (χ3n) is 4.38. The average Bonchev–Trinajstić information content (AvgIpc) is 3.14. The van der Waals surface area contributed by atoms with E-state index >= 15 is 0 Å². The average molecular weight is 323 g/mol. The van der Waals surface area contributed by atoms with Crippen LogP contribution in [0.15, 0.2) is 6.20 Å². The fraction of sp³-hybridized carbons (Fsp3) is 0.733. The van der Waals surface area contributed by atoms with Gasteiger partial charge in [-0.25, -0.2) is 4.68 Å². The first-order valence-corrected chi connectivity index (χ1v) is 8.00. The summed E-state index contributed by atoms with van der Waals surface area (Å²) in [6.45, 7) is 4.76. The lowest BCUT2D eigenvalue weighted by Gasteiger charge is -2.16. The summed E-state index contributed by atoms with van der Waals surface area (Å²) in [5, 5.41) is 19.6. The molecule has 0 bridgehead atoms. The molecule has 1 aromatic rings. The molecule has 8 heteroatoms. The maximum atomic E-state index is 12.4. The maximum Gasteiger partial charge on any atom is 0.244 e. The van der Waals surface area contributed by atoms with E-state index in [1.807, 2.05) is 0 Å². The lowest BCUT2D eigenvalue weighted by atomic mass is 10.1. The molecule has 2 amide bonds. The van der Waals surface area contributed by atoms with Crippen LogP contribution in [0.25, 0.3) is 0 Å². The summed E-state index contributed by atoms with van der Waals surface area (Å²) in [4.78, 5) is 23.5. The Kier molecular flexibility index (Phi) is 5.70. The minimum absolute atomic E-state index is 0.0878. The summed E-state index contributed by atoms with van der Waals surface area (Å²) in [7, 11) is 0. The third kappa shape index (κ3) is 4.75. The van der Waals surface area contributed by atoms with Gasteiger partial charge in [0.25, 0.3) is 0 Å². The van der Waals surface area contributed by atoms with E-state index in [9.17, 15) is 9.59 Å². The Morgan fingerprint density at radius 2 is 2.26 bits per heavy atom. The van der Waals surface area contributed by atoms with Gasteiger partial charge in [-0.05, 0) is 30.6 Å². The number of hydrogen-bond donors (Lipinski definition) is 3. The molecule has 1 aliphatic carbocycles. The Morgan fingerprint density at radius 1 is 1.52 bits per heavy atom. The fourth-order valence-electron chi connectivity index (χ4n) is 2.87. The van der Waals surface area contributed by atoms with E-state index in [0.29, 0.717) is 30.0 Å². The Hall–Kier alpha value is -1.96. The van der Waals surface area contributed by atoms with Crippen molar-refractivity contribution in [3.8, 4) is 0 Å². The van der Waals surface area contributed by atoms with Crippen LogP contribution in [0.2, 0.25) is 0 Å². The van der Waals surface area contributed by atoms with Gasteiger partial charge in [-0.1, -0.05) is 19.1 Å². The molecule has 0 aliphatic heterocycles. The van der Waals surface area contributed by atoms with Gasteiger partial charge in [-0.15, -0.1) is 5.10 Å². The van der Waals surface area contributed by atoms with Crippen molar-refractivity contribution in [3.63, 3.8) is 0 Å². The number of amides is 2. The highest BCUT2D eigenvalue weighted by Gasteiger charge is 2.39. The molecular formula is C15H25N5O3. The van der Waals surface area contributed by atoms with Gasteiger partial charge in [-0.3, -0.25) is 9.59 Å². The number of nitrogens with zero attached hydrogens (tertiary/aromatic N) is 3. The minimum Gasteiger partial charge on any atom is -0.390 e. The quantitative estimate of drug-likeness (QED) is 0.589. The van der Waals surface area contributed by atoms with Crippen LogP contribution in [0.3, 0.4) is 0 Å². The molecule has 0 spiro atoms. The molecule has 23 heavy (non-hydrogen) atoms. The number of carbonyl (C=O) groups excluding carboxylic acids is 2. The summed E-state index contributed by atoms with van der Waals surface area (Å²) >= 11 is 0. The predicted octanol–water partition coefficient (Wildman–Crippen LogP) is -0.0147. The van der Waals surface area contributed by atoms with Gasteiger partial charge < -0.3 is 16.2 Å². The van der Waals surface area contributed by atoms with Crippen LogP contribution in [0.1, 0.15) is 44.8 Å². The van der Waals surface area contributed by atoms with Crippen molar-refractivity contribution in [1.82, 2.24) is 20.3 Å². The van der Waals surface area contributed by atoms with E-state index < -0.39 is 11.9 Å². The second kappa shape index (κ2) is 7.54. The highest BCUT2D eigenvalue weighted by atomic mass is 16.3. The zero-order valence-corrected chi connectivity index (χ0v) is 13.6. The Morgan fingerprint density at radius 3 is 2.78 bits per heavy atom. The lowest BCUT2D eigenvalue weighted by molar-refractivity contribution is -0.125. The van der Waals surface area contributed by atoms with Crippen molar-refractivity contribution in [2.75, 3.05) is 6.54 Å². The standard InChI is InChI=1S/C15H25N5O3/c1-9(2)12-5-10(12)6-17-15(23)13(3-4-14(16)22)20-7-11(8-21)18-19-20/h7,9-10,12-13,21H,3-6,8H2,1-2H3,(H2,16,22)(H,17,23)/t10-,12-,13?/m0/s1. The lowest BCUT2D eigenvalue weighted by Crippen LogP contribution is -2.35. The molecule has 1 aromatic heterocycles. The first kappa shape index (κ1) is 17.4. The topological polar surface area (TPSA) is 123 Å². The van der Waals surface area contributed by atoms with Crippen LogP contribution in [0, 0.1) is 17.8 Å². The van der Waals surface area contributed by atoms with E-state index in [4.69, 9.17) is 10.8 Å². The van der Waals surface area contributed by atoms with Gasteiger partial charge in [0, 0.05) is 13.0 Å². The molecule has 3 atom stereocenters. The smallest absolute Gasteiger partial charge is 0.244 e.